The fourth-order valence-corrected chi connectivity index (χ4v) is 4.54. The van der Waals surface area contributed by atoms with Gasteiger partial charge in [-0.25, -0.2) is 8.42 Å². The van der Waals surface area contributed by atoms with Crippen LogP contribution in [0, 0.1) is 0 Å². The summed E-state index contributed by atoms with van der Waals surface area (Å²) in [5.41, 5.74) is 0. The van der Waals surface area contributed by atoms with Gasteiger partial charge in [0.25, 0.3) is 0 Å². The van der Waals surface area contributed by atoms with Gasteiger partial charge in [0.2, 0.25) is 10.0 Å². The maximum Gasteiger partial charge on any atom is 0.243 e. The second-order valence-corrected chi connectivity index (χ2v) is 7.65. The van der Waals surface area contributed by atoms with Gasteiger partial charge in [0.05, 0.1) is 4.90 Å². The van der Waals surface area contributed by atoms with Crippen molar-refractivity contribution in [2.75, 3.05) is 26.2 Å². The van der Waals surface area contributed by atoms with Gasteiger partial charge in [-0.3, -0.25) is 4.90 Å². The highest BCUT2D eigenvalue weighted by molar-refractivity contribution is 9.10. The molecule has 1 aliphatic heterocycles. The summed E-state index contributed by atoms with van der Waals surface area (Å²) in [7, 11) is -3.37. The molecule has 0 saturated carbocycles. The number of benzene rings is 1. The predicted octanol–water partition coefficient (Wildman–Crippen LogP) is 2.16. The molecule has 0 bridgehead atoms. The number of likely N-dealkylation sites (N-methyl/N-ethyl adjacent to an activating group) is 1. The Morgan fingerprint density at radius 3 is 2.68 bits per heavy atom. The average Bonchev–Trinajstić information content (AvgIpc) is 2.38. The van der Waals surface area contributed by atoms with Crippen molar-refractivity contribution in [3.63, 3.8) is 0 Å². The molecular weight excluding hydrogens is 328 g/mol. The molecule has 1 atom stereocenters. The van der Waals surface area contributed by atoms with Gasteiger partial charge in [-0.05, 0) is 31.7 Å². The third kappa shape index (κ3) is 3.18. The molecule has 1 aliphatic rings. The highest BCUT2D eigenvalue weighted by Crippen LogP contribution is 2.22. The molecule has 0 radical (unpaired) electrons. The Hall–Kier alpha value is -0.430. The molecule has 19 heavy (non-hydrogen) atoms. The zero-order chi connectivity index (χ0) is 14.0. The van der Waals surface area contributed by atoms with Crippen molar-refractivity contribution in [1.82, 2.24) is 9.21 Å². The summed E-state index contributed by atoms with van der Waals surface area (Å²) < 4.78 is 27.5. The minimum atomic E-state index is -3.37. The van der Waals surface area contributed by atoms with Crippen molar-refractivity contribution >= 4 is 26.0 Å². The van der Waals surface area contributed by atoms with Crippen LogP contribution in [0.4, 0.5) is 0 Å². The van der Waals surface area contributed by atoms with Crippen molar-refractivity contribution in [2.45, 2.75) is 24.8 Å². The van der Waals surface area contributed by atoms with E-state index in [0.717, 1.165) is 17.6 Å². The van der Waals surface area contributed by atoms with E-state index in [1.165, 1.54) is 0 Å². The highest BCUT2D eigenvalue weighted by atomic mass is 79.9. The van der Waals surface area contributed by atoms with Crippen LogP contribution in [0.5, 0.6) is 0 Å². The molecule has 1 unspecified atom stereocenters. The lowest BCUT2D eigenvalue weighted by Crippen LogP contribution is -2.53. The fourth-order valence-electron chi connectivity index (χ4n) is 2.43. The molecule has 0 amide bonds. The number of rotatable bonds is 3. The summed E-state index contributed by atoms with van der Waals surface area (Å²) in [6, 6.07) is 7.16. The summed E-state index contributed by atoms with van der Waals surface area (Å²) in [6.45, 7) is 7.06. The SMILES string of the molecule is CCN1CCN(S(=O)(=O)c2cccc(Br)c2)CC1C. The lowest BCUT2D eigenvalue weighted by atomic mass is 10.2. The van der Waals surface area contributed by atoms with Crippen LogP contribution in [-0.4, -0.2) is 49.8 Å². The van der Waals surface area contributed by atoms with Gasteiger partial charge < -0.3 is 0 Å². The summed E-state index contributed by atoms with van der Waals surface area (Å²) in [5.74, 6) is 0. The zero-order valence-electron chi connectivity index (χ0n) is 11.2. The fraction of sp³-hybridized carbons (Fsp3) is 0.538. The van der Waals surface area contributed by atoms with Crippen molar-refractivity contribution < 1.29 is 8.42 Å². The van der Waals surface area contributed by atoms with Gasteiger partial charge in [0.1, 0.15) is 0 Å². The van der Waals surface area contributed by atoms with E-state index in [9.17, 15) is 8.42 Å². The van der Waals surface area contributed by atoms with Crippen LogP contribution in [0.25, 0.3) is 0 Å². The van der Waals surface area contributed by atoms with Crippen molar-refractivity contribution in [1.29, 1.82) is 0 Å². The second-order valence-electron chi connectivity index (χ2n) is 4.80. The standard InChI is InChI=1S/C13H19BrN2O2S/c1-3-15-7-8-16(10-11(15)2)19(17,18)13-6-4-5-12(14)9-13/h4-6,9,11H,3,7-8,10H2,1-2H3. The van der Waals surface area contributed by atoms with Gasteiger partial charge in [0, 0.05) is 30.1 Å². The summed E-state index contributed by atoms with van der Waals surface area (Å²) in [6.07, 6.45) is 0. The molecule has 1 heterocycles. The van der Waals surface area contributed by atoms with Crippen molar-refractivity contribution in [2.24, 2.45) is 0 Å². The van der Waals surface area contributed by atoms with E-state index in [-0.39, 0.29) is 6.04 Å². The molecule has 1 fully saturated rings. The normalized spacial score (nSPS) is 22.6. The van der Waals surface area contributed by atoms with E-state index in [4.69, 9.17) is 0 Å². The molecule has 106 valence electrons. The van der Waals surface area contributed by atoms with Crippen LogP contribution in [-0.2, 0) is 10.0 Å². The molecule has 0 spiro atoms. The third-order valence-electron chi connectivity index (χ3n) is 3.57. The smallest absolute Gasteiger partial charge is 0.243 e. The molecule has 6 heteroatoms. The minimum Gasteiger partial charge on any atom is -0.298 e. The first-order valence-electron chi connectivity index (χ1n) is 6.45. The number of sulfonamides is 1. The summed E-state index contributed by atoms with van der Waals surface area (Å²) in [5, 5.41) is 0. The second kappa shape index (κ2) is 5.91. The highest BCUT2D eigenvalue weighted by Gasteiger charge is 2.31. The predicted molar refractivity (Wildman–Crippen MR) is 79.6 cm³/mol. The van der Waals surface area contributed by atoms with Crippen LogP contribution in [0.15, 0.2) is 33.6 Å². The molecule has 0 N–H and O–H groups in total. The van der Waals surface area contributed by atoms with Gasteiger partial charge >= 0.3 is 0 Å². The number of piperazine rings is 1. The van der Waals surface area contributed by atoms with Gasteiger partial charge in [0.15, 0.2) is 0 Å². The van der Waals surface area contributed by atoms with E-state index in [1.54, 1.807) is 22.5 Å². The number of hydrogen-bond donors (Lipinski definition) is 0. The minimum absolute atomic E-state index is 0.265. The summed E-state index contributed by atoms with van der Waals surface area (Å²) in [4.78, 5) is 2.66. The largest absolute Gasteiger partial charge is 0.298 e. The molecule has 1 saturated heterocycles. The topological polar surface area (TPSA) is 40.6 Å². The first kappa shape index (κ1) is 15.0. The van der Waals surface area contributed by atoms with Crippen LogP contribution in [0.1, 0.15) is 13.8 Å². The maximum atomic E-state index is 12.6. The van der Waals surface area contributed by atoms with Crippen molar-refractivity contribution in [3.8, 4) is 0 Å². The quantitative estimate of drug-likeness (QED) is 0.841. The molecule has 4 nitrogen and oxygen atoms in total. The van der Waals surface area contributed by atoms with Crippen LogP contribution in [0.2, 0.25) is 0 Å². The Bertz CT molecular complexity index is 547. The monoisotopic (exact) mass is 346 g/mol. The first-order chi connectivity index (χ1) is 8.95. The lowest BCUT2D eigenvalue weighted by molar-refractivity contribution is 0.135. The van der Waals surface area contributed by atoms with Crippen LogP contribution >= 0.6 is 15.9 Å². The Balaban J connectivity index is 2.22. The molecule has 0 aromatic heterocycles. The Morgan fingerprint density at radius 2 is 2.11 bits per heavy atom. The number of nitrogens with zero attached hydrogens (tertiary/aromatic N) is 2. The Morgan fingerprint density at radius 1 is 1.37 bits per heavy atom. The molecule has 1 aromatic carbocycles. The van der Waals surface area contributed by atoms with Gasteiger partial charge in [-0.15, -0.1) is 0 Å². The lowest BCUT2D eigenvalue weighted by Gasteiger charge is -2.38. The van der Waals surface area contributed by atoms with E-state index < -0.39 is 10.0 Å². The number of halogens is 1. The Kier molecular flexibility index (Phi) is 4.66. The zero-order valence-corrected chi connectivity index (χ0v) is 13.6. The molecule has 2 rings (SSSR count). The first-order valence-corrected chi connectivity index (χ1v) is 8.68. The maximum absolute atomic E-state index is 12.6. The third-order valence-corrected chi connectivity index (χ3v) is 5.92. The van der Waals surface area contributed by atoms with E-state index in [1.807, 2.05) is 6.07 Å². The molecular formula is C13H19BrN2O2S. The van der Waals surface area contributed by atoms with Crippen molar-refractivity contribution in [3.05, 3.63) is 28.7 Å². The average molecular weight is 347 g/mol. The summed E-state index contributed by atoms with van der Waals surface area (Å²) >= 11 is 3.32. The van der Waals surface area contributed by atoms with E-state index in [0.29, 0.717) is 18.0 Å². The van der Waals surface area contributed by atoms with Crippen LogP contribution < -0.4 is 0 Å². The van der Waals surface area contributed by atoms with Gasteiger partial charge in [-0.1, -0.05) is 28.9 Å². The Labute approximate surface area is 123 Å². The van der Waals surface area contributed by atoms with E-state index in [2.05, 4.69) is 34.7 Å². The number of hydrogen-bond acceptors (Lipinski definition) is 3. The molecule has 1 aromatic rings. The van der Waals surface area contributed by atoms with Gasteiger partial charge in [-0.2, -0.15) is 4.31 Å². The van der Waals surface area contributed by atoms with E-state index >= 15 is 0 Å². The molecule has 0 aliphatic carbocycles. The van der Waals surface area contributed by atoms with Crippen LogP contribution in [0.3, 0.4) is 0 Å².